The van der Waals surface area contributed by atoms with Crippen LogP contribution in [0.3, 0.4) is 0 Å². The first-order valence-corrected chi connectivity index (χ1v) is 5.66. The number of benzene rings is 1. The number of hydrogen-bond donors (Lipinski definition) is 1. The summed E-state index contributed by atoms with van der Waals surface area (Å²) >= 11 is 3.42. The highest BCUT2D eigenvalue weighted by atomic mass is 79.9. The SMILES string of the molecule is CNCCC=CCc1ccc(Br)cc1. The van der Waals surface area contributed by atoms with Gasteiger partial charge in [0.25, 0.3) is 0 Å². The Balaban J connectivity index is 2.30. The summed E-state index contributed by atoms with van der Waals surface area (Å²) in [5, 5.41) is 3.12. The van der Waals surface area contributed by atoms with Gasteiger partial charge in [0.1, 0.15) is 0 Å². The molecule has 0 unspecified atom stereocenters. The van der Waals surface area contributed by atoms with E-state index < -0.39 is 0 Å². The zero-order valence-electron chi connectivity index (χ0n) is 8.46. The number of halogens is 1. The molecule has 76 valence electrons. The van der Waals surface area contributed by atoms with Crippen LogP contribution in [0, 0.1) is 0 Å². The largest absolute Gasteiger partial charge is 0.319 e. The van der Waals surface area contributed by atoms with Crippen LogP contribution in [0.5, 0.6) is 0 Å². The van der Waals surface area contributed by atoms with E-state index in [-0.39, 0.29) is 0 Å². The summed E-state index contributed by atoms with van der Waals surface area (Å²) in [6.07, 6.45) is 6.57. The van der Waals surface area contributed by atoms with Crippen molar-refractivity contribution < 1.29 is 0 Å². The highest BCUT2D eigenvalue weighted by Gasteiger charge is 1.88. The number of rotatable bonds is 5. The third kappa shape index (κ3) is 4.58. The maximum atomic E-state index is 3.42. The molecule has 0 saturated carbocycles. The van der Waals surface area contributed by atoms with Gasteiger partial charge in [-0.1, -0.05) is 40.2 Å². The number of allylic oxidation sites excluding steroid dienone is 1. The average Bonchev–Trinajstić information content (AvgIpc) is 2.21. The fourth-order valence-electron chi connectivity index (χ4n) is 1.19. The number of hydrogen-bond acceptors (Lipinski definition) is 1. The van der Waals surface area contributed by atoms with Gasteiger partial charge in [-0.3, -0.25) is 0 Å². The summed E-state index contributed by atoms with van der Waals surface area (Å²) in [4.78, 5) is 0. The molecule has 0 atom stereocenters. The minimum Gasteiger partial charge on any atom is -0.319 e. The third-order valence-corrected chi connectivity index (χ3v) is 2.52. The van der Waals surface area contributed by atoms with Crippen LogP contribution < -0.4 is 5.32 Å². The molecule has 1 aromatic carbocycles. The fraction of sp³-hybridized carbons (Fsp3) is 0.333. The van der Waals surface area contributed by atoms with Crippen molar-refractivity contribution >= 4 is 15.9 Å². The zero-order chi connectivity index (χ0) is 10.2. The second-order valence-electron chi connectivity index (χ2n) is 3.19. The first-order chi connectivity index (χ1) is 6.83. The van der Waals surface area contributed by atoms with Crippen molar-refractivity contribution in [2.75, 3.05) is 13.6 Å². The molecule has 0 radical (unpaired) electrons. The fourth-order valence-corrected chi connectivity index (χ4v) is 1.45. The molecule has 1 N–H and O–H groups in total. The van der Waals surface area contributed by atoms with E-state index in [9.17, 15) is 0 Å². The molecule has 0 spiro atoms. The Morgan fingerprint density at radius 2 is 1.93 bits per heavy atom. The predicted molar refractivity (Wildman–Crippen MR) is 65.5 cm³/mol. The van der Waals surface area contributed by atoms with Gasteiger partial charge in [0.2, 0.25) is 0 Å². The van der Waals surface area contributed by atoms with Gasteiger partial charge in [-0.2, -0.15) is 0 Å². The van der Waals surface area contributed by atoms with Crippen LogP contribution in [-0.2, 0) is 6.42 Å². The van der Waals surface area contributed by atoms with E-state index in [0.29, 0.717) is 0 Å². The Labute approximate surface area is 94.3 Å². The maximum absolute atomic E-state index is 3.42. The van der Waals surface area contributed by atoms with E-state index in [0.717, 1.165) is 23.9 Å². The Bertz CT molecular complexity index is 277. The minimum absolute atomic E-state index is 1.02. The van der Waals surface area contributed by atoms with Gasteiger partial charge in [0.15, 0.2) is 0 Å². The van der Waals surface area contributed by atoms with Crippen LogP contribution in [0.2, 0.25) is 0 Å². The summed E-state index contributed by atoms with van der Waals surface area (Å²) in [5.41, 5.74) is 1.36. The summed E-state index contributed by atoms with van der Waals surface area (Å²) in [5.74, 6) is 0. The van der Waals surface area contributed by atoms with Crippen LogP contribution in [0.4, 0.5) is 0 Å². The van der Waals surface area contributed by atoms with Crippen LogP contribution in [0.1, 0.15) is 12.0 Å². The van der Waals surface area contributed by atoms with E-state index in [1.54, 1.807) is 0 Å². The maximum Gasteiger partial charge on any atom is 0.0175 e. The van der Waals surface area contributed by atoms with Crippen molar-refractivity contribution in [3.05, 3.63) is 46.5 Å². The topological polar surface area (TPSA) is 12.0 Å². The second kappa shape index (κ2) is 6.80. The molecule has 1 nitrogen and oxygen atoms in total. The van der Waals surface area contributed by atoms with Gasteiger partial charge in [0.05, 0.1) is 0 Å². The Morgan fingerprint density at radius 1 is 1.21 bits per heavy atom. The smallest absolute Gasteiger partial charge is 0.0175 e. The normalized spacial score (nSPS) is 11.0. The molecule has 0 amide bonds. The lowest BCUT2D eigenvalue weighted by atomic mass is 10.1. The lowest BCUT2D eigenvalue weighted by Gasteiger charge is -1.96. The van der Waals surface area contributed by atoms with Gasteiger partial charge in [0, 0.05) is 4.47 Å². The molecule has 0 aromatic heterocycles. The standard InChI is InChI=1S/C12H16BrN/c1-14-10-4-2-3-5-11-6-8-12(13)9-7-11/h2-3,6-9,14H,4-5,10H2,1H3. The summed E-state index contributed by atoms with van der Waals surface area (Å²) in [7, 11) is 1.97. The average molecular weight is 254 g/mol. The molecule has 0 aliphatic heterocycles. The van der Waals surface area contributed by atoms with Crippen LogP contribution in [0.25, 0.3) is 0 Å². The quantitative estimate of drug-likeness (QED) is 0.628. The molecule has 0 bridgehead atoms. The van der Waals surface area contributed by atoms with Crippen molar-refractivity contribution in [3.8, 4) is 0 Å². The Hall–Kier alpha value is -0.600. The molecule has 0 fully saturated rings. The molecule has 0 aliphatic rings. The lowest BCUT2D eigenvalue weighted by molar-refractivity contribution is 0.806. The van der Waals surface area contributed by atoms with Crippen molar-refractivity contribution in [1.29, 1.82) is 0 Å². The van der Waals surface area contributed by atoms with Gasteiger partial charge in [-0.05, 0) is 44.1 Å². The van der Waals surface area contributed by atoms with Crippen molar-refractivity contribution in [3.63, 3.8) is 0 Å². The first-order valence-electron chi connectivity index (χ1n) is 4.87. The second-order valence-corrected chi connectivity index (χ2v) is 4.11. The molecule has 1 aromatic rings. The predicted octanol–water partition coefficient (Wildman–Crippen LogP) is 3.16. The highest BCUT2D eigenvalue weighted by Crippen LogP contribution is 2.11. The zero-order valence-corrected chi connectivity index (χ0v) is 10.0. The monoisotopic (exact) mass is 253 g/mol. The molecule has 0 heterocycles. The summed E-state index contributed by atoms with van der Waals surface area (Å²) in [6.45, 7) is 1.05. The minimum atomic E-state index is 1.02. The van der Waals surface area contributed by atoms with Gasteiger partial charge < -0.3 is 5.32 Å². The van der Waals surface area contributed by atoms with Crippen LogP contribution in [-0.4, -0.2) is 13.6 Å². The summed E-state index contributed by atoms with van der Waals surface area (Å²) < 4.78 is 1.14. The van der Waals surface area contributed by atoms with Crippen molar-refractivity contribution in [2.45, 2.75) is 12.8 Å². The van der Waals surface area contributed by atoms with Gasteiger partial charge in [-0.25, -0.2) is 0 Å². The molecular weight excluding hydrogens is 238 g/mol. The van der Waals surface area contributed by atoms with E-state index in [2.05, 4.69) is 57.7 Å². The molecule has 14 heavy (non-hydrogen) atoms. The van der Waals surface area contributed by atoms with E-state index in [4.69, 9.17) is 0 Å². The van der Waals surface area contributed by atoms with Crippen LogP contribution in [0.15, 0.2) is 40.9 Å². The van der Waals surface area contributed by atoms with Gasteiger partial charge in [-0.15, -0.1) is 0 Å². The number of nitrogens with one attached hydrogen (secondary N) is 1. The molecule has 2 heteroatoms. The molecular formula is C12H16BrN. The summed E-state index contributed by atoms with van der Waals surface area (Å²) in [6, 6.07) is 8.45. The van der Waals surface area contributed by atoms with E-state index >= 15 is 0 Å². The molecule has 1 rings (SSSR count). The van der Waals surface area contributed by atoms with Crippen molar-refractivity contribution in [2.24, 2.45) is 0 Å². The van der Waals surface area contributed by atoms with Crippen molar-refractivity contribution in [1.82, 2.24) is 5.32 Å². The van der Waals surface area contributed by atoms with Crippen LogP contribution >= 0.6 is 15.9 Å². The molecule has 0 aliphatic carbocycles. The highest BCUT2D eigenvalue weighted by molar-refractivity contribution is 9.10. The Kier molecular flexibility index (Phi) is 5.57. The van der Waals surface area contributed by atoms with E-state index in [1.807, 2.05) is 7.05 Å². The third-order valence-electron chi connectivity index (χ3n) is 1.99. The van der Waals surface area contributed by atoms with Gasteiger partial charge >= 0.3 is 0 Å². The van der Waals surface area contributed by atoms with E-state index in [1.165, 1.54) is 5.56 Å². The molecule has 0 saturated heterocycles. The lowest BCUT2D eigenvalue weighted by Crippen LogP contribution is -2.05. The first kappa shape index (κ1) is 11.5. The Morgan fingerprint density at radius 3 is 2.57 bits per heavy atom.